The maximum atomic E-state index is 12.9. The highest BCUT2D eigenvalue weighted by Crippen LogP contribution is 2.17. The van der Waals surface area contributed by atoms with Crippen molar-refractivity contribution in [3.05, 3.63) is 59.7 Å². The summed E-state index contributed by atoms with van der Waals surface area (Å²) in [6, 6.07) is 5.78. The second-order valence-electron chi connectivity index (χ2n) is 10.1. The highest BCUT2D eigenvalue weighted by Gasteiger charge is 2.36. The predicted molar refractivity (Wildman–Crippen MR) is 163 cm³/mol. The Bertz CT molecular complexity index is 1600. The summed E-state index contributed by atoms with van der Waals surface area (Å²) in [6.45, 7) is -0.406. The van der Waals surface area contributed by atoms with Gasteiger partial charge in [0.15, 0.2) is 5.96 Å². The van der Waals surface area contributed by atoms with Crippen LogP contribution in [0.5, 0.6) is 5.75 Å². The van der Waals surface area contributed by atoms with Crippen LogP contribution in [0, 0.1) is 5.41 Å². The molecule has 0 saturated heterocycles. The smallest absolute Gasteiger partial charge is 0.408 e. The van der Waals surface area contributed by atoms with Gasteiger partial charge in [0, 0.05) is 12.7 Å². The minimum Gasteiger partial charge on any atom is -0.481 e. The van der Waals surface area contributed by atoms with Crippen molar-refractivity contribution in [2.45, 2.75) is 44.0 Å². The van der Waals surface area contributed by atoms with E-state index in [-0.39, 0.29) is 17.3 Å². The van der Waals surface area contributed by atoms with Gasteiger partial charge in [-0.2, -0.15) is 0 Å². The normalized spacial score (nSPS) is 12.2. The van der Waals surface area contributed by atoms with Gasteiger partial charge in [0.05, 0.1) is 24.8 Å². The Balaban J connectivity index is 2.04. The van der Waals surface area contributed by atoms with E-state index in [0.29, 0.717) is 16.2 Å². The van der Waals surface area contributed by atoms with Crippen molar-refractivity contribution in [3.8, 4) is 5.75 Å². The Morgan fingerprint density at radius 2 is 1.35 bits per heavy atom. The van der Waals surface area contributed by atoms with E-state index in [2.05, 4.69) is 5.32 Å². The molecule has 10 N–H and O–H groups in total. The predicted octanol–water partition coefficient (Wildman–Crippen LogP) is -0.374. The van der Waals surface area contributed by atoms with Crippen molar-refractivity contribution < 1.29 is 68.3 Å². The van der Waals surface area contributed by atoms with Crippen LogP contribution in [0.4, 0.5) is 10.5 Å². The van der Waals surface area contributed by atoms with E-state index < -0.39 is 91.7 Å². The monoisotopic (exact) mass is 688 g/mol. The molecule has 0 aliphatic heterocycles. The molecule has 3 atom stereocenters. The minimum absolute atomic E-state index is 0.135. The maximum absolute atomic E-state index is 12.9. The summed E-state index contributed by atoms with van der Waals surface area (Å²) in [7, 11) is 0.876. The number of benzene rings is 2. The van der Waals surface area contributed by atoms with Crippen LogP contribution in [0.1, 0.15) is 35.2 Å². The number of carboxylic acid groups (broad SMARTS) is 4. The fraction of sp³-hybridized carbons (Fsp3) is 0.276. The lowest BCUT2D eigenvalue weighted by Gasteiger charge is -2.28. The number of amides is 3. The molecule has 0 heterocycles. The Hall–Kier alpha value is -6.73. The number of hydrogen-bond acceptors (Lipinski definition) is 11. The van der Waals surface area contributed by atoms with Gasteiger partial charge in [-0.25, -0.2) is 14.4 Å². The summed E-state index contributed by atoms with van der Waals surface area (Å²) in [6.07, 6.45) is -4.48. The SMILES string of the molecule is CN(C(=O)[C@H](CC(=O)O)NC(=O)[C@H](CC(=O)O)NC(=O)OCc1ccc(OC(=O)c2ccc(NC(=N)N)cc2)cc1)[C@@H](CC(=O)O)C(=O)O. The van der Waals surface area contributed by atoms with Crippen LogP contribution in [0.25, 0.3) is 0 Å². The number of likely N-dealkylation sites (N-methyl/N-ethyl adjacent to an activating group) is 1. The third kappa shape index (κ3) is 12.9. The molecule has 0 bridgehead atoms. The molecule has 0 aliphatic rings. The molecule has 0 aliphatic carbocycles. The first kappa shape index (κ1) is 38.5. The summed E-state index contributed by atoms with van der Waals surface area (Å²) in [4.78, 5) is 96.4. The molecule has 262 valence electrons. The number of guanidine groups is 1. The van der Waals surface area contributed by atoms with Crippen molar-refractivity contribution in [1.29, 1.82) is 5.41 Å². The van der Waals surface area contributed by atoms with Gasteiger partial charge < -0.3 is 56.5 Å². The fourth-order valence-corrected chi connectivity index (χ4v) is 3.98. The highest BCUT2D eigenvalue weighted by atomic mass is 16.5. The number of carboxylic acids is 4. The largest absolute Gasteiger partial charge is 0.481 e. The molecule has 0 radical (unpaired) electrons. The second-order valence-corrected chi connectivity index (χ2v) is 10.1. The lowest BCUT2D eigenvalue weighted by Crippen LogP contribution is -2.57. The van der Waals surface area contributed by atoms with E-state index in [4.69, 9.17) is 25.7 Å². The Morgan fingerprint density at radius 3 is 1.86 bits per heavy atom. The van der Waals surface area contributed by atoms with Crippen LogP contribution in [0.2, 0.25) is 0 Å². The zero-order valence-electron chi connectivity index (χ0n) is 25.6. The van der Waals surface area contributed by atoms with Crippen LogP contribution >= 0.6 is 0 Å². The molecule has 0 spiro atoms. The van der Waals surface area contributed by atoms with Crippen molar-refractivity contribution in [2.75, 3.05) is 12.4 Å². The molecule has 49 heavy (non-hydrogen) atoms. The van der Waals surface area contributed by atoms with E-state index in [1.807, 2.05) is 10.6 Å². The number of alkyl carbamates (subject to hydrolysis) is 1. The van der Waals surface area contributed by atoms with E-state index in [1.165, 1.54) is 48.5 Å². The summed E-state index contributed by atoms with van der Waals surface area (Å²) in [5.41, 5.74) is 6.31. The average Bonchev–Trinajstić information content (AvgIpc) is 3.01. The summed E-state index contributed by atoms with van der Waals surface area (Å²) in [5.74, 6) is -10.0. The number of carbonyl (C=O) groups is 8. The van der Waals surface area contributed by atoms with Gasteiger partial charge in [-0.05, 0) is 42.0 Å². The molecule has 2 aromatic carbocycles. The number of esters is 1. The van der Waals surface area contributed by atoms with Gasteiger partial charge in [0.2, 0.25) is 11.8 Å². The fourth-order valence-electron chi connectivity index (χ4n) is 3.98. The van der Waals surface area contributed by atoms with Crippen molar-refractivity contribution in [2.24, 2.45) is 5.73 Å². The Labute approximate surface area is 276 Å². The third-order valence-corrected chi connectivity index (χ3v) is 6.35. The van der Waals surface area contributed by atoms with Gasteiger partial charge in [-0.15, -0.1) is 0 Å². The molecule has 20 heteroatoms. The summed E-state index contributed by atoms with van der Waals surface area (Å²) < 4.78 is 10.3. The first-order valence-corrected chi connectivity index (χ1v) is 13.9. The number of nitrogens with one attached hydrogen (secondary N) is 4. The number of anilines is 1. The number of hydrogen-bond donors (Lipinski definition) is 9. The van der Waals surface area contributed by atoms with E-state index in [9.17, 15) is 53.7 Å². The lowest BCUT2D eigenvalue weighted by atomic mass is 10.1. The Kier molecular flexibility index (Phi) is 14.0. The van der Waals surface area contributed by atoms with Crippen LogP contribution < -0.4 is 26.4 Å². The quantitative estimate of drug-likeness (QED) is 0.0443. The first-order valence-electron chi connectivity index (χ1n) is 13.9. The molecule has 0 saturated carbocycles. The van der Waals surface area contributed by atoms with Crippen molar-refractivity contribution in [1.82, 2.24) is 15.5 Å². The zero-order chi connectivity index (χ0) is 36.8. The standard InChI is InChI=1S/C29H32N6O14/c1-35(20(26(44)45)12-23(40)41)25(43)19(11-22(38)39)33-24(42)18(10-21(36)37)34-29(47)48-13-14-2-8-17(9-3-14)49-27(46)15-4-6-16(7-5-15)32-28(30)31/h2-9,18-20H,10-13H2,1H3,(H,33,42)(H,34,47)(H,36,37)(H,38,39)(H,40,41)(H,44,45)(H4,30,31,32)/t18-,19-,20-/m0/s1. The van der Waals surface area contributed by atoms with Crippen molar-refractivity contribution >= 4 is 59.4 Å². The molecule has 0 aromatic heterocycles. The molecular formula is C29H32N6O14. The average molecular weight is 689 g/mol. The minimum atomic E-state index is -1.98. The number of nitrogens with zero attached hydrogens (tertiary/aromatic N) is 1. The highest BCUT2D eigenvalue weighted by molar-refractivity contribution is 5.96. The molecule has 20 nitrogen and oxygen atoms in total. The summed E-state index contributed by atoms with van der Waals surface area (Å²) in [5, 5.41) is 50.5. The van der Waals surface area contributed by atoms with Crippen LogP contribution in [-0.4, -0.2) is 104 Å². The van der Waals surface area contributed by atoms with Gasteiger partial charge in [0.25, 0.3) is 0 Å². The van der Waals surface area contributed by atoms with Crippen LogP contribution in [0.3, 0.4) is 0 Å². The van der Waals surface area contributed by atoms with Crippen molar-refractivity contribution in [3.63, 3.8) is 0 Å². The van der Waals surface area contributed by atoms with Gasteiger partial charge in [0.1, 0.15) is 30.5 Å². The van der Waals surface area contributed by atoms with Gasteiger partial charge >= 0.3 is 35.9 Å². The van der Waals surface area contributed by atoms with E-state index in [0.717, 1.165) is 7.05 Å². The molecule has 0 fully saturated rings. The second kappa shape index (κ2) is 17.8. The van der Waals surface area contributed by atoms with Gasteiger partial charge in [-0.3, -0.25) is 29.4 Å². The van der Waals surface area contributed by atoms with Gasteiger partial charge in [-0.1, -0.05) is 12.1 Å². The first-order chi connectivity index (χ1) is 23.0. The number of aliphatic carboxylic acids is 4. The molecular weight excluding hydrogens is 656 g/mol. The van der Waals surface area contributed by atoms with Crippen LogP contribution in [-0.2, 0) is 40.1 Å². The van der Waals surface area contributed by atoms with E-state index in [1.54, 1.807) is 0 Å². The van der Waals surface area contributed by atoms with Crippen LogP contribution in [0.15, 0.2) is 48.5 Å². The third-order valence-electron chi connectivity index (χ3n) is 6.35. The number of ether oxygens (including phenoxy) is 2. The Morgan fingerprint density at radius 1 is 0.796 bits per heavy atom. The molecule has 3 amide bonds. The van der Waals surface area contributed by atoms with E-state index >= 15 is 0 Å². The zero-order valence-corrected chi connectivity index (χ0v) is 25.6. The molecule has 2 rings (SSSR count). The molecule has 0 unspecified atom stereocenters. The number of rotatable bonds is 17. The topological polar surface area (TPSA) is 325 Å². The molecule has 2 aromatic rings. The maximum Gasteiger partial charge on any atom is 0.408 e. The lowest BCUT2D eigenvalue weighted by molar-refractivity contribution is -0.155. The number of carbonyl (C=O) groups excluding carboxylic acids is 4. The number of nitrogens with two attached hydrogens (primary N) is 1. The summed E-state index contributed by atoms with van der Waals surface area (Å²) >= 11 is 0.